The summed E-state index contributed by atoms with van der Waals surface area (Å²) in [6.07, 6.45) is 10.0. The lowest BCUT2D eigenvalue weighted by atomic mass is 10.1. The van der Waals surface area contributed by atoms with Crippen molar-refractivity contribution >= 4 is 0 Å². The third-order valence-electron chi connectivity index (χ3n) is 2.78. The third-order valence-corrected chi connectivity index (χ3v) is 2.78. The number of unbranched alkanes of at least 4 members (excludes halogenated alkanes) is 5. The Hall–Kier alpha value is -0.500. The standard InChI is InChI=1S/C15H30O2/c1-5-8-9-10-11-12-13-15(17-7-3)14(4)16-6-2/h13-14H,5-12H2,1-4H3. The molecule has 0 aromatic rings. The van der Waals surface area contributed by atoms with Crippen LogP contribution >= 0.6 is 0 Å². The van der Waals surface area contributed by atoms with Gasteiger partial charge in [0, 0.05) is 6.61 Å². The van der Waals surface area contributed by atoms with Gasteiger partial charge in [0.1, 0.15) is 11.9 Å². The second kappa shape index (κ2) is 12.0. The monoisotopic (exact) mass is 242 g/mol. The quantitative estimate of drug-likeness (QED) is 0.386. The number of hydrogen-bond donors (Lipinski definition) is 0. The van der Waals surface area contributed by atoms with Crippen LogP contribution in [0.2, 0.25) is 0 Å². The smallest absolute Gasteiger partial charge is 0.120 e. The van der Waals surface area contributed by atoms with Crippen LogP contribution in [0.25, 0.3) is 0 Å². The first-order chi connectivity index (χ1) is 8.26. The highest BCUT2D eigenvalue weighted by atomic mass is 16.5. The van der Waals surface area contributed by atoms with E-state index in [0.29, 0.717) is 0 Å². The summed E-state index contributed by atoms with van der Waals surface area (Å²) in [6.45, 7) is 9.80. The van der Waals surface area contributed by atoms with Crippen LogP contribution in [-0.4, -0.2) is 19.3 Å². The Morgan fingerprint density at radius 3 is 2.29 bits per heavy atom. The van der Waals surface area contributed by atoms with Gasteiger partial charge >= 0.3 is 0 Å². The lowest BCUT2D eigenvalue weighted by molar-refractivity contribution is 0.0490. The van der Waals surface area contributed by atoms with Crippen LogP contribution in [0.4, 0.5) is 0 Å². The first-order valence-electron chi connectivity index (χ1n) is 7.20. The van der Waals surface area contributed by atoms with Crippen LogP contribution in [-0.2, 0) is 9.47 Å². The molecule has 0 saturated carbocycles. The summed E-state index contributed by atoms with van der Waals surface area (Å²) in [5, 5.41) is 0. The largest absolute Gasteiger partial charge is 0.496 e. The molecule has 2 nitrogen and oxygen atoms in total. The van der Waals surface area contributed by atoms with Crippen LogP contribution < -0.4 is 0 Å². The molecule has 0 saturated heterocycles. The van der Waals surface area contributed by atoms with E-state index in [1.807, 2.05) is 13.8 Å². The Morgan fingerprint density at radius 1 is 1.00 bits per heavy atom. The predicted molar refractivity (Wildman–Crippen MR) is 74.2 cm³/mol. The van der Waals surface area contributed by atoms with Gasteiger partial charge < -0.3 is 9.47 Å². The summed E-state index contributed by atoms with van der Waals surface area (Å²) in [5.41, 5.74) is 0. The van der Waals surface area contributed by atoms with E-state index < -0.39 is 0 Å². The van der Waals surface area contributed by atoms with E-state index in [1.165, 1.54) is 32.1 Å². The zero-order valence-corrected chi connectivity index (χ0v) is 12.1. The summed E-state index contributed by atoms with van der Waals surface area (Å²) in [6, 6.07) is 0. The summed E-state index contributed by atoms with van der Waals surface area (Å²) in [5.74, 6) is 1.00. The van der Waals surface area contributed by atoms with Crippen molar-refractivity contribution in [2.45, 2.75) is 72.3 Å². The van der Waals surface area contributed by atoms with Crippen molar-refractivity contribution in [1.82, 2.24) is 0 Å². The highest BCUT2D eigenvalue weighted by molar-refractivity contribution is 4.98. The van der Waals surface area contributed by atoms with Crippen molar-refractivity contribution in [1.29, 1.82) is 0 Å². The zero-order valence-electron chi connectivity index (χ0n) is 12.1. The lowest BCUT2D eigenvalue weighted by Crippen LogP contribution is -2.14. The van der Waals surface area contributed by atoms with Crippen molar-refractivity contribution < 1.29 is 9.47 Å². The Bertz CT molecular complexity index is 187. The lowest BCUT2D eigenvalue weighted by Gasteiger charge is -2.16. The van der Waals surface area contributed by atoms with Gasteiger partial charge in [-0.3, -0.25) is 0 Å². The molecule has 102 valence electrons. The molecular weight excluding hydrogens is 212 g/mol. The average Bonchev–Trinajstić information content (AvgIpc) is 2.32. The molecule has 0 aliphatic heterocycles. The fourth-order valence-electron chi connectivity index (χ4n) is 1.83. The van der Waals surface area contributed by atoms with Gasteiger partial charge in [-0.05, 0) is 39.7 Å². The normalized spacial score (nSPS) is 13.8. The number of hydrogen-bond acceptors (Lipinski definition) is 2. The molecule has 0 aromatic heterocycles. The highest BCUT2D eigenvalue weighted by Gasteiger charge is 2.08. The van der Waals surface area contributed by atoms with Crippen LogP contribution in [0, 0.1) is 0 Å². The molecule has 0 fully saturated rings. The molecule has 0 bridgehead atoms. The second-order valence-corrected chi connectivity index (χ2v) is 4.34. The topological polar surface area (TPSA) is 18.5 Å². The average molecular weight is 242 g/mol. The van der Waals surface area contributed by atoms with Gasteiger partial charge in [0.2, 0.25) is 0 Å². The van der Waals surface area contributed by atoms with E-state index in [2.05, 4.69) is 19.9 Å². The second-order valence-electron chi connectivity index (χ2n) is 4.34. The molecule has 0 radical (unpaired) electrons. The highest BCUT2D eigenvalue weighted by Crippen LogP contribution is 2.12. The molecule has 0 amide bonds. The zero-order chi connectivity index (χ0) is 12.9. The van der Waals surface area contributed by atoms with Gasteiger partial charge in [-0.25, -0.2) is 0 Å². The molecule has 0 spiro atoms. The predicted octanol–water partition coefficient (Wildman–Crippen LogP) is 4.69. The van der Waals surface area contributed by atoms with Crippen molar-refractivity contribution in [2.75, 3.05) is 13.2 Å². The molecule has 0 N–H and O–H groups in total. The fraction of sp³-hybridized carbons (Fsp3) is 0.867. The van der Waals surface area contributed by atoms with Crippen LogP contribution in [0.1, 0.15) is 66.2 Å². The number of allylic oxidation sites excluding steroid dienone is 1. The molecule has 17 heavy (non-hydrogen) atoms. The van der Waals surface area contributed by atoms with Gasteiger partial charge in [-0.15, -0.1) is 0 Å². The molecule has 2 heteroatoms. The third kappa shape index (κ3) is 9.22. The van der Waals surface area contributed by atoms with Crippen LogP contribution in [0.3, 0.4) is 0 Å². The number of ether oxygens (including phenoxy) is 2. The van der Waals surface area contributed by atoms with Crippen LogP contribution in [0.15, 0.2) is 11.8 Å². The maximum atomic E-state index is 5.62. The van der Waals surface area contributed by atoms with Gasteiger partial charge in [0.25, 0.3) is 0 Å². The Labute approximate surface area is 107 Å². The van der Waals surface area contributed by atoms with E-state index in [0.717, 1.165) is 25.4 Å². The minimum absolute atomic E-state index is 0.0931. The fourth-order valence-corrected chi connectivity index (χ4v) is 1.83. The molecule has 1 unspecified atom stereocenters. The van der Waals surface area contributed by atoms with E-state index in [9.17, 15) is 0 Å². The molecule has 0 aromatic carbocycles. The van der Waals surface area contributed by atoms with Crippen molar-refractivity contribution in [3.63, 3.8) is 0 Å². The van der Waals surface area contributed by atoms with E-state index >= 15 is 0 Å². The van der Waals surface area contributed by atoms with E-state index in [4.69, 9.17) is 9.47 Å². The molecule has 0 rings (SSSR count). The SMILES string of the molecule is CCCCCCCC=C(OCC)C(C)OCC. The first kappa shape index (κ1) is 16.5. The van der Waals surface area contributed by atoms with Crippen LogP contribution in [0.5, 0.6) is 0 Å². The minimum atomic E-state index is 0.0931. The van der Waals surface area contributed by atoms with Gasteiger partial charge in [-0.1, -0.05) is 32.6 Å². The Kier molecular flexibility index (Phi) is 11.6. The van der Waals surface area contributed by atoms with E-state index in [1.54, 1.807) is 0 Å². The summed E-state index contributed by atoms with van der Waals surface area (Å²) in [4.78, 5) is 0. The molecule has 0 aliphatic carbocycles. The first-order valence-corrected chi connectivity index (χ1v) is 7.20. The van der Waals surface area contributed by atoms with Crippen molar-refractivity contribution in [3.05, 3.63) is 11.8 Å². The van der Waals surface area contributed by atoms with Crippen molar-refractivity contribution in [2.24, 2.45) is 0 Å². The van der Waals surface area contributed by atoms with E-state index in [-0.39, 0.29) is 6.10 Å². The Balaban J connectivity index is 3.85. The molecular formula is C15H30O2. The maximum Gasteiger partial charge on any atom is 0.120 e. The summed E-state index contributed by atoms with van der Waals surface area (Å²) < 4.78 is 11.2. The van der Waals surface area contributed by atoms with Gasteiger partial charge in [-0.2, -0.15) is 0 Å². The minimum Gasteiger partial charge on any atom is -0.496 e. The van der Waals surface area contributed by atoms with Gasteiger partial charge in [0.15, 0.2) is 0 Å². The van der Waals surface area contributed by atoms with Gasteiger partial charge in [0.05, 0.1) is 6.61 Å². The molecule has 0 aliphatic rings. The van der Waals surface area contributed by atoms with Crippen molar-refractivity contribution in [3.8, 4) is 0 Å². The molecule has 1 atom stereocenters. The summed E-state index contributed by atoms with van der Waals surface area (Å²) >= 11 is 0. The Morgan fingerprint density at radius 2 is 1.71 bits per heavy atom. The maximum absolute atomic E-state index is 5.62. The molecule has 0 heterocycles. The summed E-state index contributed by atoms with van der Waals surface area (Å²) in [7, 11) is 0. The number of rotatable bonds is 11.